The van der Waals surface area contributed by atoms with Crippen molar-refractivity contribution in [2.24, 2.45) is 0 Å². The van der Waals surface area contributed by atoms with Crippen LogP contribution in [0, 0.1) is 6.92 Å². The van der Waals surface area contributed by atoms with Gasteiger partial charge in [-0.25, -0.2) is 9.97 Å². The number of benzene rings is 1. The molecule has 0 bridgehead atoms. The lowest BCUT2D eigenvalue weighted by Crippen LogP contribution is -2.38. The van der Waals surface area contributed by atoms with Crippen LogP contribution in [0.25, 0.3) is 0 Å². The van der Waals surface area contributed by atoms with E-state index in [2.05, 4.69) is 16.0 Å². The molecule has 2 heterocycles. The van der Waals surface area contributed by atoms with E-state index in [1.807, 2.05) is 25.1 Å². The van der Waals surface area contributed by atoms with Gasteiger partial charge in [-0.15, -0.1) is 0 Å². The van der Waals surface area contributed by atoms with Crippen LogP contribution >= 0.6 is 0 Å². The lowest BCUT2D eigenvalue weighted by molar-refractivity contribution is 0.0241. The first-order chi connectivity index (χ1) is 13.2. The van der Waals surface area contributed by atoms with Crippen LogP contribution in [0.4, 0.5) is 5.82 Å². The number of fused-ring (bicyclic) bond motifs is 1. The van der Waals surface area contributed by atoms with Crippen molar-refractivity contribution in [3.05, 3.63) is 46.9 Å². The second kappa shape index (κ2) is 8.26. The Bertz CT molecular complexity index is 785. The minimum atomic E-state index is 0.296. The highest BCUT2D eigenvalue weighted by Gasteiger charge is 2.25. The van der Waals surface area contributed by atoms with E-state index < -0.39 is 0 Å². The number of hydrogen-bond donors (Lipinski definition) is 0. The van der Waals surface area contributed by atoms with E-state index in [0.29, 0.717) is 12.7 Å². The third kappa shape index (κ3) is 4.08. The van der Waals surface area contributed by atoms with E-state index in [4.69, 9.17) is 14.5 Å². The van der Waals surface area contributed by atoms with Crippen molar-refractivity contribution < 1.29 is 9.47 Å². The molecule has 2 aliphatic rings. The second-order valence-electron chi connectivity index (χ2n) is 7.54. The summed E-state index contributed by atoms with van der Waals surface area (Å²) in [5.41, 5.74) is 3.78. The predicted octanol–water partition coefficient (Wildman–Crippen LogP) is 3.86. The monoisotopic (exact) mass is 367 g/mol. The summed E-state index contributed by atoms with van der Waals surface area (Å²) in [5.74, 6) is 2.98. The van der Waals surface area contributed by atoms with Crippen molar-refractivity contribution in [3.8, 4) is 5.75 Å². The van der Waals surface area contributed by atoms with Crippen LogP contribution in [0.3, 0.4) is 0 Å². The molecular weight excluding hydrogens is 338 g/mol. The Morgan fingerprint density at radius 1 is 1.07 bits per heavy atom. The number of nitrogens with zero attached hydrogens (tertiary/aromatic N) is 3. The third-order valence-electron chi connectivity index (χ3n) is 5.68. The minimum absolute atomic E-state index is 0.296. The molecular formula is C22H29N3O2. The zero-order chi connectivity index (χ0) is 18.6. The van der Waals surface area contributed by atoms with Gasteiger partial charge in [0.2, 0.25) is 0 Å². The Labute approximate surface area is 161 Å². The molecule has 1 aliphatic heterocycles. The predicted molar refractivity (Wildman–Crippen MR) is 106 cm³/mol. The van der Waals surface area contributed by atoms with Crippen LogP contribution in [-0.2, 0) is 24.2 Å². The van der Waals surface area contributed by atoms with Gasteiger partial charge in [0.25, 0.3) is 0 Å². The van der Waals surface area contributed by atoms with Crippen molar-refractivity contribution in [2.45, 2.75) is 58.2 Å². The summed E-state index contributed by atoms with van der Waals surface area (Å²) < 4.78 is 11.6. The molecule has 1 fully saturated rings. The van der Waals surface area contributed by atoms with E-state index in [9.17, 15) is 0 Å². The average molecular weight is 367 g/mol. The summed E-state index contributed by atoms with van der Waals surface area (Å²) in [6.07, 6.45) is 7.09. The molecule has 0 radical (unpaired) electrons. The molecule has 4 rings (SSSR count). The number of ether oxygens (including phenoxy) is 2. The van der Waals surface area contributed by atoms with Gasteiger partial charge < -0.3 is 14.4 Å². The topological polar surface area (TPSA) is 47.5 Å². The lowest BCUT2D eigenvalue weighted by Gasteiger charge is -2.35. The molecule has 0 N–H and O–H groups in total. The van der Waals surface area contributed by atoms with Gasteiger partial charge in [-0.2, -0.15) is 0 Å². The van der Waals surface area contributed by atoms with Gasteiger partial charge in [0.1, 0.15) is 17.4 Å². The van der Waals surface area contributed by atoms with Crippen LogP contribution in [0.2, 0.25) is 0 Å². The molecule has 5 heteroatoms. The fourth-order valence-corrected chi connectivity index (χ4v) is 4.22. The Hall–Kier alpha value is -2.14. The van der Waals surface area contributed by atoms with Crippen LogP contribution in [0.15, 0.2) is 24.3 Å². The molecule has 1 aromatic heterocycles. The summed E-state index contributed by atoms with van der Waals surface area (Å²) in [4.78, 5) is 11.9. The van der Waals surface area contributed by atoms with E-state index in [0.717, 1.165) is 55.9 Å². The zero-order valence-corrected chi connectivity index (χ0v) is 16.4. The number of hydrogen-bond acceptors (Lipinski definition) is 5. The molecule has 2 aromatic rings. The Balaban J connectivity index is 1.38. The summed E-state index contributed by atoms with van der Waals surface area (Å²) in [7, 11) is 1.71. The number of aromatic nitrogens is 2. The van der Waals surface area contributed by atoms with Gasteiger partial charge in [-0.3, -0.25) is 0 Å². The molecule has 1 aromatic carbocycles. The third-order valence-corrected chi connectivity index (χ3v) is 5.68. The van der Waals surface area contributed by atoms with E-state index in [1.54, 1.807) is 7.11 Å². The molecule has 0 unspecified atom stereocenters. The highest BCUT2D eigenvalue weighted by Crippen LogP contribution is 2.30. The van der Waals surface area contributed by atoms with Gasteiger partial charge in [0.05, 0.1) is 19.8 Å². The number of anilines is 1. The van der Waals surface area contributed by atoms with Gasteiger partial charge >= 0.3 is 0 Å². The molecule has 0 atom stereocenters. The molecule has 1 aliphatic carbocycles. The second-order valence-corrected chi connectivity index (χ2v) is 7.54. The quantitative estimate of drug-likeness (QED) is 0.803. The Morgan fingerprint density at radius 2 is 1.85 bits per heavy atom. The fraction of sp³-hybridized carbons (Fsp3) is 0.545. The maximum atomic E-state index is 6.19. The molecule has 0 amide bonds. The van der Waals surface area contributed by atoms with Crippen LogP contribution in [-0.4, -0.2) is 36.3 Å². The Morgan fingerprint density at radius 3 is 2.67 bits per heavy atom. The maximum absolute atomic E-state index is 6.19. The molecule has 0 saturated carbocycles. The number of piperidine rings is 1. The normalized spacial score (nSPS) is 17.6. The van der Waals surface area contributed by atoms with Gasteiger partial charge in [0, 0.05) is 29.9 Å². The average Bonchev–Trinajstić information content (AvgIpc) is 2.72. The molecule has 27 heavy (non-hydrogen) atoms. The smallest absolute Gasteiger partial charge is 0.135 e. The first kappa shape index (κ1) is 18.2. The van der Waals surface area contributed by atoms with Gasteiger partial charge in [0.15, 0.2) is 0 Å². The van der Waals surface area contributed by atoms with Crippen molar-refractivity contribution in [1.82, 2.24) is 9.97 Å². The van der Waals surface area contributed by atoms with Crippen molar-refractivity contribution in [2.75, 3.05) is 25.1 Å². The summed E-state index contributed by atoms with van der Waals surface area (Å²) in [5, 5.41) is 0. The standard InChI is InChI=1S/C22H29N3O2/c1-16-23-20-9-5-4-8-19(20)22(24-16)25-13-11-18(12-14-25)27-15-17-7-3-6-10-21(17)26-2/h3,6-7,10,18H,4-5,8-9,11-15H2,1-2H3. The van der Waals surface area contributed by atoms with Crippen LogP contribution in [0.1, 0.15) is 48.3 Å². The summed E-state index contributed by atoms with van der Waals surface area (Å²) in [6, 6.07) is 8.08. The van der Waals surface area contributed by atoms with Crippen molar-refractivity contribution in [1.29, 1.82) is 0 Å². The summed E-state index contributed by atoms with van der Waals surface area (Å²) in [6.45, 7) is 4.62. The van der Waals surface area contributed by atoms with Gasteiger partial charge in [-0.05, 0) is 51.5 Å². The maximum Gasteiger partial charge on any atom is 0.135 e. The van der Waals surface area contributed by atoms with E-state index >= 15 is 0 Å². The molecule has 5 nitrogen and oxygen atoms in total. The fourth-order valence-electron chi connectivity index (χ4n) is 4.22. The Kier molecular flexibility index (Phi) is 5.58. The number of methoxy groups -OCH3 is 1. The molecule has 0 spiro atoms. The van der Waals surface area contributed by atoms with Gasteiger partial charge in [-0.1, -0.05) is 18.2 Å². The first-order valence-corrected chi connectivity index (χ1v) is 10.1. The van der Waals surface area contributed by atoms with Crippen molar-refractivity contribution in [3.63, 3.8) is 0 Å². The van der Waals surface area contributed by atoms with E-state index in [-0.39, 0.29) is 0 Å². The SMILES string of the molecule is COc1ccccc1COC1CCN(c2nc(C)nc3c2CCCC3)CC1. The summed E-state index contributed by atoms with van der Waals surface area (Å²) >= 11 is 0. The highest BCUT2D eigenvalue weighted by atomic mass is 16.5. The molecule has 144 valence electrons. The highest BCUT2D eigenvalue weighted by molar-refractivity contribution is 5.50. The number of aryl methyl sites for hydroxylation is 2. The largest absolute Gasteiger partial charge is 0.496 e. The first-order valence-electron chi connectivity index (χ1n) is 10.1. The van der Waals surface area contributed by atoms with Crippen molar-refractivity contribution >= 4 is 5.82 Å². The van der Waals surface area contributed by atoms with Crippen LogP contribution in [0.5, 0.6) is 5.75 Å². The minimum Gasteiger partial charge on any atom is -0.496 e. The number of rotatable bonds is 5. The number of para-hydroxylation sites is 1. The lowest BCUT2D eigenvalue weighted by atomic mass is 9.95. The van der Waals surface area contributed by atoms with Crippen LogP contribution < -0.4 is 9.64 Å². The van der Waals surface area contributed by atoms with E-state index in [1.165, 1.54) is 29.9 Å². The zero-order valence-electron chi connectivity index (χ0n) is 16.4. The molecule has 1 saturated heterocycles.